The number of nitrogens with zero attached hydrogens (tertiary/aromatic N) is 1. The molecule has 0 amide bonds. The number of hydrogen-bond acceptors (Lipinski definition) is 3. The first-order chi connectivity index (χ1) is 6.60. The predicted octanol–water partition coefficient (Wildman–Crippen LogP) is 4.35. The van der Waals surface area contributed by atoms with Gasteiger partial charge in [0.2, 0.25) is 0 Å². The molecule has 0 rings (SSSR count). The van der Waals surface area contributed by atoms with Crippen molar-refractivity contribution in [3.8, 4) is 0 Å². The van der Waals surface area contributed by atoms with Crippen molar-refractivity contribution in [2.45, 2.75) is 53.0 Å². The van der Waals surface area contributed by atoms with Gasteiger partial charge in [-0.3, -0.25) is 0 Å². The summed E-state index contributed by atoms with van der Waals surface area (Å²) in [4.78, 5) is 0. The summed E-state index contributed by atoms with van der Waals surface area (Å²) in [6, 6.07) is 0. The summed E-state index contributed by atoms with van der Waals surface area (Å²) in [6.45, 7) is 10.8. The second-order valence-corrected chi connectivity index (χ2v) is 3.80. The Hall–Kier alpha value is 0.660. The Bertz CT molecular complexity index is 93.3. The lowest BCUT2D eigenvalue weighted by Crippen LogP contribution is -2.37. The van der Waals surface area contributed by atoms with E-state index in [1.165, 1.54) is 12.8 Å². The van der Waals surface area contributed by atoms with E-state index in [0.29, 0.717) is 5.54 Å². The minimum Gasteiger partial charge on any atom is -0.248 e. The van der Waals surface area contributed by atoms with E-state index >= 15 is 0 Å². The average molecular weight is 239 g/mol. The lowest BCUT2D eigenvalue weighted by Gasteiger charge is -2.35. The van der Waals surface area contributed by atoms with E-state index in [4.69, 9.17) is 0 Å². The van der Waals surface area contributed by atoms with Gasteiger partial charge in [0.05, 0.1) is 0 Å². The third kappa shape index (κ3) is 8.01. The fourth-order valence-corrected chi connectivity index (χ4v) is 1.61. The Labute approximate surface area is 102 Å². The van der Waals surface area contributed by atoms with Gasteiger partial charge in [-0.1, -0.05) is 39.6 Å². The highest BCUT2D eigenvalue weighted by Gasteiger charge is 2.23. The summed E-state index contributed by atoms with van der Waals surface area (Å²) in [5, 5.41) is 0. The van der Waals surface area contributed by atoms with E-state index in [1.807, 2.05) is 25.8 Å². The van der Waals surface area contributed by atoms with Crippen molar-refractivity contribution in [1.29, 1.82) is 0 Å². The highest BCUT2D eigenvalue weighted by Crippen LogP contribution is 2.26. The second-order valence-electron chi connectivity index (χ2n) is 2.88. The van der Waals surface area contributed by atoms with Crippen LogP contribution in [0.2, 0.25) is 0 Å². The van der Waals surface area contributed by atoms with Gasteiger partial charge in [0.1, 0.15) is 0 Å². The van der Waals surface area contributed by atoms with E-state index in [2.05, 4.69) is 51.0 Å². The van der Waals surface area contributed by atoms with Gasteiger partial charge in [-0.15, -0.1) is 0 Å². The van der Waals surface area contributed by atoms with Crippen LogP contribution >= 0.6 is 24.6 Å². The van der Waals surface area contributed by atoms with E-state index in [1.54, 1.807) is 6.26 Å². The van der Waals surface area contributed by atoms with E-state index in [0.717, 1.165) is 0 Å². The molecule has 0 aliphatic rings. The SMILES string of the molecule is CC.CCC(C)(CC)N(C)SC.CS. The largest absolute Gasteiger partial charge is 0.248 e. The van der Waals surface area contributed by atoms with Crippen LogP contribution in [0.3, 0.4) is 0 Å². The van der Waals surface area contributed by atoms with Crippen molar-refractivity contribution in [2.24, 2.45) is 0 Å². The molecular weight excluding hydrogens is 210 g/mol. The van der Waals surface area contributed by atoms with Crippen LogP contribution in [0.5, 0.6) is 0 Å². The fourth-order valence-electron chi connectivity index (χ4n) is 0.916. The van der Waals surface area contributed by atoms with Crippen LogP contribution in [0.4, 0.5) is 0 Å². The van der Waals surface area contributed by atoms with Gasteiger partial charge in [-0.05, 0) is 39.3 Å². The van der Waals surface area contributed by atoms with Crippen molar-refractivity contribution in [1.82, 2.24) is 4.31 Å². The molecule has 0 heterocycles. The van der Waals surface area contributed by atoms with Crippen molar-refractivity contribution in [3.63, 3.8) is 0 Å². The van der Waals surface area contributed by atoms with Crippen molar-refractivity contribution >= 4 is 24.6 Å². The summed E-state index contributed by atoms with van der Waals surface area (Å²) < 4.78 is 2.34. The van der Waals surface area contributed by atoms with Crippen LogP contribution in [0.25, 0.3) is 0 Å². The molecule has 0 aliphatic heterocycles. The lowest BCUT2D eigenvalue weighted by atomic mass is 9.96. The van der Waals surface area contributed by atoms with Crippen molar-refractivity contribution in [3.05, 3.63) is 0 Å². The van der Waals surface area contributed by atoms with Crippen molar-refractivity contribution < 1.29 is 0 Å². The predicted molar refractivity (Wildman–Crippen MR) is 76.5 cm³/mol. The Balaban J connectivity index is -0.000000266. The first-order valence-corrected chi connectivity index (χ1v) is 7.41. The molecule has 0 fully saturated rings. The third-order valence-electron chi connectivity index (χ3n) is 2.56. The van der Waals surface area contributed by atoms with Gasteiger partial charge in [0.15, 0.2) is 0 Å². The molecule has 1 nitrogen and oxygen atoms in total. The maximum absolute atomic E-state index is 3.53. The minimum atomic E-state index is 0.388. The number of thiol groups is 1. The number of rotatable bonds is 4. The Morgan fingerprint density at radius 2 is 1.43 bits per heavy atom. The molecule has 14 heavy (non-hydrogen) atoms. The highest BCUT2D eigenvalue weighted by molar-refractivity contribution is 7.96. The first-order valence-electron chi connectivity index (χ1n) is 5.33. The molecule has 3 heteroatoms. The highest BCUT2D eigenvalue weighted by atomic mass is 32.2. The summed E-state index contributed by atoms with van der Waals surface area (Å²) in [6.07, 6.45) is 6.27. The van der Waals surface area contributed by atoms with Crippen LogP contribution in [-0.2, 0) is 0 Å². The smallest absolute Gasteiger partial charge is 0.0277 e. The quantitative estimate of drug-likeness (QED) is 0.574. The van der Waals surface area contributed by atoms with Gasteiger partial charge in [-0.25, -0.2) is 4.31 Å². The topological polar surface area (TPSA) is 3.24 Å². The molecule has 0 atom stereocenters. The van der Waals surface area contributed by atoms with Gasteiger partial charge >= 0.3 is 0 Å². The zero-order valence-electron chi connectivity index (χ0n) is 11.2. The minimum absolute atomic E-state index is 0.388. The summed E-state index contributed by atoms with van der Waals surface area (Å²) in [5.41, 5.74) is 0.388. The molecule has 0 radical (unpaired) electrons. The summed E-state index contributed by atoms with van der Waals surface area (Å²) in [7, 11) is 2.16. The summed E-state index contributed by atoms with van der Waals surface area (Å²) in [5.74, 6) is 0. The molecular formula is C11H29NS2. The van der Waals surface area contributed by atoms with Gasteiger partial charge in [0.25, 0.3) is 0 Å². The van der Waals surface area contributed by atoms with Gasteiger partial charge in [-0.2, -0.15) is 12.6 Å². The maximum Gasteiger partial charge on any atom is 0.0277 e. The molecule has 0 saturated carbocycles. The number of hydrogen-bond donors (Lipinski definition) is 1. The Morgan fingerprint density at radius 1 is 1.14 bits per heavy atom. The Kier molecular flexibility index (Phi) is 19.6. The zero-order chi connectivity index (χ0) is 12.2. The first kappa shape index (κ1) is 20.1. The average Bonchev–Trinajstić information content (AvgIpc) is 2.32. The molecule has 0 aromatic rings. The molecule has 0 N–H and O–H groups in total. The molecule has 0 unspecified atom stereocenters. The molecule has 0 bridgehead atoms. The molecule has 0 aromatic heterocycles. The molecule has 0 saturated heterocycles. The van der Waals surface area contributed by atoms with E-state index in [9.17, 15) is 0 Å². The molecule has 0 aromatic carbocycles. The Morgan fingerprint density at radius 3 is 1.50 bits per heavy atom. The van der Waals surface area contributed by atoms with Crippen LogP contribution < -0.4 is 0 Å². The lowest BCUT2D eigenvalue weighted by molar-refractivity contribution is 0.243. The van der Waals surface area contributed by atoms with Crippen LogP contribution in [-0.4, -0.2) is 29.4 Å². The zero-order valence-corrected chi connectivity index (χ0v) is 12.9. The van der Waals surface area contributed by atoms with E-state index in [-0.39, 0.29) is 0 Å². The molecule has 0 aliphatic carbocycles. The normalized spacial score (nSPS) is 9.86. The summed E-state index contributed by atoms with van der Waals surface area (Å²) >= 11 is 5.34. The van der Waals surface area contributed by atoms with E-state index < -0.39 is 0 Å². The molecule has 0 spiro atoms. The van der Waals surface area contributed by atoms with Crippen LogP contribution in [0.15, 0.2) is 0 Å². The maximum atomic E-state index is 3.53. The standard InChI is InChI=1S/C8H19NS.C2H6.CH4S/c1-6-8(3,7-2)9(4)10-5;2*1-2/h6-7H2,1-5H3;1-2H3;2H,1H3. The van der Waals surface area contributed by atoms with Gasteiger partial charge < -0.3 is 0 Å². The van der Waals surface area contributed by atoms with Gasteiger partial charge in [0, 0.05) is 5.54 Å². The fraction of sp³-hybridized carbons (Fsp3) is 1.00. The molecule has 90 valence electrons. The van der Waals surface area contributed by atoms with Crippen LogP contribution in [0.1, 0.15) is 47.5 Å². The third-order valence-corrected chi connectivity index (χ3v) is 3.55. The van der Waals surface area contributed by atoms with Crippen LogP contribution in [0, 0.1) is 0 Å². The monoisotopic (exact) mass is 239 g/mol. The second kappa shape index (κ2) is 13.7. The van der Waals surface area contributed by atoms with Crippen molar-refractivity contribution in [2.75, 3.05) is 19.6 Å².